The number of ether oxygens (including phenoxy) is 1. The normalized spacial score (nSPS) is 23.8. The summed E-state index contributed by atoms with van der Waals surface area (Å²) in [5.74, 6) is 0.383. The molecule has 0 bridgehead atoms. The van der Waals surface area contributed by atoms with Gasteiger partial charge in [-0.25, -0.2) is 4.98 Å². The average molecular weight is 263 g/mol. The number of nitrogens with zero attached hydrogens (tertiary/aromatic N) is 2. The molecule has 4 nitrogen and oxygen atoms in total. The van der Waals surface area contributed by atoms with Gasteiger partial charge in [0.25, 0.3) is 0 Å². The van der Waals surface area contributed by atoms with Gasteiger partial charge in [0.2, 0.25) is 0 Å². The molecule has 1 aliphatic rings. The molecule has 3 heterocycles. The summed E-state index contributed by atoms with van der Waals surface area (Å²) >= 11 is 1.76. The van der Waals surface area contributed by atoms with Crippen molar-refractivity contribution in [3.05, 3.63) is 23.5 Å². The molecule has 0 spiro atoms. The van der Waals surface area contributed by atoms with Gasteiger partial charge >= 0.3 is 0 Å². The predicted octanol–water partition coefficient (Wildman–Crippen LogP) is 2.17. The van der Waals surface area contributed by atoms with Crippen molar-refractivity contribution in [2.45, 2.75) is 25.3 Å². The minimum Gasteiger partial charge on any atom is -0.379 e. The Hall–Kier alpha value is -1.04. The Morgan fingerprint density at radius 1 is 1.50 bits per heavy atom. The highest BCUT2D eigenvalue weighted by Gasteiger charge is 2.31. The highest BCUT2D eigenvalue weighted by Crippen LogP contribution is 2.32. The van der Waals surface area contributed by atoms with Crippen LogP contribution in [-0.4, -0.2) is 35.8 Å². The Balaban J connectivity index is 1.84. The third-order valence-electron chi connectivity index (χ3n) is 3.26. The van der Waals surface area contributed by atoms with Gasteiger partial charge in [-0.1, -0.05) is 6.92 Å². The van der Waals surface area contributed by atoms with Crippen LogP contribution in [0.4, 0.5) is 0 Å². The van der Waals surface area contributed by atoms with Gasteiger partial charge in [0, 0.05) is 12.2 Å². The maximum absolute atomic E-state index is 5.61. The quantitative estimate of drug-likeness (QED) is 0.918. The molecular weight excluding hydrogens is 246 g/mol. The Kier molecular flexibility index (Phi) is 3.54. The van der Waals surface area contributed by atoms with E-state index in [1.807, 2.05) is 18.5 Å². The van der Waals surface area contributed by atoms with Gasteiger partial charge < -0.3 is 10.1 Å². The number of fused-ring (bicyclic) bond motifs is 1. The van der Waals surface area contributed by atoms with E-state index in [0.29, 0.717) is 12.0 Å². The van der Waals surface area contributed by atoms with Crippen molar-refractivity contribution in [3.63, 3.8) is 0 Å². The smallest absolute Gasteiger partial charge is 0.101 e. The predicted molar refractivity (Wildman–Crippen MR) is 73.1 cm³/mol. The highest BCUT2D eigenvalue weighted by atomic mass is 32.1. The van der Waals surface area contributed by atoms with E-state index in [4.69, 9.17) is 4.74 Å². The fraction of sp³-hybridized carbons (Fsp3) is 0.538. The first-order chi connectivity index (χ1) is 8.88. The molecule has 2 aromatic heterocycles. The van der Waals surface area contributed by atoms with E-state index in [-0.39, 0.29) is 0 Å². The molecule has 0 radical (unpaired) electrons. The molecule has 0 aliphatic carbocycles. The summed E-state index contributed by atoms with van der Waals surface area (Å²) < 4.78 is 6.82. The fourth-order valence-electron chi connectivity index (χ4n) is 2.29. The number of nitrogens with one attached hydrogen (secondary N) is 1. The summed E-state index contributed by atoms with van der Waals surface area (Å²) in [5, 5.41) is 4.72. The maximum Gasteiger partial charge on any atom is 0.101 e. The van der Waals surface area contributed by atoms with Gasteiger partial charge in [-0.2, -0.15) is 0 Å². The third kappa shape index (κ3) is 2.25. The number of aromatic nitrogens is 2. The Morgan fingerprint density at radius 2 is 2.44 bits per heavy atom. The van der Waals surface area contributed by atoms with Crippen molar-refractivity contribution in [2.75, 3.05) is 19.8 Å². The zero-order chi connectivity index (χ0) is 12.4. The molecule has 18 heavy (non-hydrogen) atoms. The van der Waals surface area contributed by atoms with E-state index in [0.717, 1.165) is 31.7 Å². The van der Waals surface area contributed by atoms with Crippen LogP contribution in [0.1, 0.15) is 24.3 Å². The lowest BCUT2D eigenvalue weighted by atomic mass is 10.0. The maximum atomic E-state index is 5.61. The zero-order valence-electron chi connectivity index (χ0n) is 10.4. The molecule has 2 aromatic rings. The van der Waals surface area contributed by atoms with Crippen LogP contribution in [0.15, 0.2) is 18.5 Å². The Labute approximate surface area is 110 Å². The van der Waals surface area contributed by atoms with Crippen molar-refractivity contribution >= 4 is 21.6 Å². The monoisotopic (exact) mass is 263 g/mol. The van der Waals surface area contributed by atoms with Crippen molar-refractivity contribution in [1.82, 2.24) is 15.3 Å². The van der Waals surface area contributed by atoms with Crippen molar-refractivity contribution in [2.24, 2.45) is 0 Å². The van der Waals surface area contributed by atoms with Crippen LogP contribution in [0, 0.1) is 0 Å². The third-order valence-corrected chi connectivity index (χ3v) is 4.43. The molecule has 0 saturated carbocycles. The Morgan fingerprint density at radius 3 is 3.28 bits per heavy atom. The molecule has 0 amide bonds. The summed E-state index contributed by atoms with van der Waals surface area (Å²) in [6, 6.07) is 2.43. The fourth-order valence-corrected chi connectivity index (χ4v) is 3.37. The summed E-state index contributed by atoms with van der Waals surface area (Å²) in [6.07, 6.45) is 4.80. The van der Waals surface area contributed by atoms with E-state index in [1.54, 1.807) is 11.3 Å². The number of rotatable bonds is 4. The van der Waals surface area contributed by atoms with Gasteiger partial charge in [0.05, 0.1) is 35.5 Å². The van der Waals surface area contributed by atoms with Crippen LogP contribution in [0.3, 0.4) is 0 Å². The largest absolute Gasteiger partial charge is 0.379 e. The van der Waals surface area contributed by atoms with Crippen LogP contribution in [0.5, 0.6) is 0 Å². The molecule has 96 valence electrons. The van der Waals surface area contributed by atoms with Crippen molar-refractivity contribution in [1.29, 1.82) is 0 Å². The van der Waals surface area contributed by atoms with Crippen LogP contribution >= 0.6 is 11.3 Å². The molecule has 1 saturated heterocycles. The number of hydrogen-bond acceptors (Lipinski definition) is 5. The first kappa shape index (κ1) is 12.0. The minimum atomic E-state index is 0.383. The summed E-state index contributed by atoms with van der Waals surface area (Å²) in [5.41, 5.74) is 0.999. The second-order valence-electron chi connectivity index (χ2n) is 4.60. The summed E-state index contributed by atoms with van der Waals surface area (Å²) in [4.78, 5) is 8.81. The standard InChI is InChI=1S/C13H17N3OS/c1-2-4-15-11-8-17-7-9(11)13-16-10-6-14-5-3-12(10)18-13/h3,5-6,9,11,15H,2,4,7-8H2,1H3. The van der Waals surface area contributed by atoms with E-state index < -0.39 is 0 Å². The lowest BCUT2D eigenvalue weighted by Crippen LogP contribution is -2.34. The van der Waals surface area contributed by atoms with E-state index in [1.165, 1.54) is 9.71 Å². The molecule has 2 unspecified atom stereocenters. The second kappa shape index (κ2) is 5.30. The van der Waals surface area contributed by atoms with Gasteiger partial charge in [-0.3, -0.25) is 4.98 Å². The molecule has 1 N–H and O–H groups in total. The molecule has 2 atom stereocenters. The number of hydrogen-bond donors (Lipinski definition) is 1. The van der Waals surface area contributed by atoms with Crippen molar-refractivity contribution in [3.8, 4) is 0 Å². The molecule has 1 fully saturated rings. The number of thiazole rings is 1. The lowest BCUT2D eigenvalue weighted by Gasteiger charge is -2.16. The average Bonchev–Trinajstić information content (AvgIpc) is 3.01. The van der Waals surface area contributed by atoms with Crippen LogP contribution < -0.4 is 5.32 Å². The molecular formula is C13H17N3OS. The second-order valence-corrected chi connectivity index (χ2v) is 5.66. The molecule has 3 rings (SSSR count). The van der Waals surface area contributed by atoms with Crippen molar-refractivity contribution < 1.29 is 4.74 Å². The van der Waals surface area contributed by atoms with Gasteiger partial charge in [0.15, 0.2) is 0 Å². The Bertz CT molecular complexity index is 495. The van der Waals surface area contributed by atoms with E-state index >= 15 is 0 Å². The van der Waals surface area contributed by atoms with Crippen LogP contribution in [0.2, 0.25) is 0 Å². The molecule has 5 heteroatoms. The van der Waals surface area contributed by atoms with E-state index in [2.05, 4.69) is 22.2 Å². The summed E-state index contributed by atoms with van der Waals surface area (Å²) in [7, 11) is 0. The molecule has 1 aliphatic heterocycles. The minimum absolute atomic E-state index is 0.383. The van der Waals surface area contributed by atoms with Gasteiger partial charge in [-0.05, 0) is 19.0 Å². The SMILES string of the molecule is CCCNC1COCC1c1nc2cnccc2s1. The first-order valence-electron chi connectivity index (χ1n) is 6.40. The van der Waals surface area contributed by atoms with Gasteiger partial charge in [-0.15, -0.1) is 11.3 Å². The molecule has 0 aromatic carbocycles. The zero-order valence-corrected chi connectivity index (χ0v) is 11.2. The topological polar surface area (TPSA) is 47.0 Å². The highest BCUT2D eigenvalue weighted by molar-refractivity contribution is 7.18. The van der Waals surface area contributed by atoms with Gasteiger partial charge in [0.1, 0.15) is 5.01 Å². The van der Waals surface area contributed by atoms with Crippen LogP contribution in [0.25, 0.3) is 10.2 Å². The van der Waals surface area contributed by atoms with Crippen LogP contribution in [-0.2, 0) is 4.74 Å². The summed E-state index contributed by atoms with van der Waals surface area (Å²) in [6.45, 7) is 4.78. The first-order valence-corrected chi connectivity index (χ1v) is 7.21. The lowest BCUT2D eigenvalue weighted by molar-refractivity contribution is 0.187. The number of pyridine rings is 1. The van der Waals surface area contributed by atoms with E-state index in [9.17, 15) is 0 Å².